The van der Waals surface area contributed by atoms with E-state index in [1.54, 1.807) is 0 Å². The quantitative estimate of drug-likeness (QED) is 0.573. The standard InChI is InChI=1S/C25H38N2O4/c1-25(2,23-9-7-21(30-23)5-3-11-26-13-17-28-18-14-26)24-10-8-22(31-24)6-4-12-27-15-19-29-20-16-27/h7-10H,3-6,11-20H2,1-2H3. The fourth-order valence-electron chi connectivity index (χ4n) is 4.42. The molecule has 0 atom stereocenters. The summed E-state index contributed by atoms with van der Waals surface area (Å²) < 4.78 is 23.3. The Morgan fingerprint density at radius 1 is 0.677 bits per heavy atom. The second-order valence-electron chi connectivity index (χ2n) is 9.27. The van der Waals surface area contributed by atoms with Gasteiger partial charge in [0.15, 0.2) is 0 Å². The van der Waals surface area contributed by atoms with Crippen molar-refractivity contribution >= 4 is 0 Å². The number of furan rings is 2. The fraction of sp³-hybridized carbons (Fsp3) is 0.680. The highest BCUT2D eigenvalue weighted by Gasteiger charge is 2.30. The van der Waals surface area contributed by atoms with Gasteiger partial charge in [-0.05, 0) is 64.0 Å². The lowest BCUT2D eigenvalue weighted by atomic mass is 9.87. The van der Waals surface area contributed by atoms with Gasteiger partial charge in [0, 0.05) is 39.0 Å². The number of ether oxygens (including phenoxy) is 2. The normalized spacial score (nSPS) is 19.2. The molecule has 6 nitrogen and oxygen atoms in total. The molecule has 2 saturated heterocycles. The molecule has 4 heterocycles. The third-order valence-electron chi connectivity index (χ3n) is 6.56. The largest absolute Gasteiger partial charge is 0.465 e. The first-order valence-corrected chi connectivity index (χ1v) is 11.9. The van der Waals surface area contributed by atoms with E-state index >= 15 is 0 Å². The maximum atomic E-state index is 6.24. The van der Waals surface area contributed by atoms with Gasteiger partial charge in [0.1, 0.15) is 23.0 Å². The molecule has 0 spiro atoms. The van der Waals surface area contributed by atoms with E-state index in [4.69, 9.17) is 18.3 Å². The third kappa shape index (κ3) is 6.22. The molecule has 0 bridgehead atoms. The zero-order chi connectivity index (χ0) is 21.5. The lowest BCUT2D eigenvalue weighted by molar-refractivity contribution is 0.0373. The maximum Gasteiger partial charge on any atom is 0.117 e. The Hall–Kier alpha value is -1.60. The summed E-state index contributed by atoms with van der Waals surface area (Å²) in [5.41, 5.74) is -0.273. The highest BCUT2D eigenvalue weighted by molar-refractivity contribution is 5.28. The van der Waals surface area contributed by atoms with Crippen LogP contribution in [0.5, 0.6) is 0 Å². The number of hydrogen-bond donors (Lipinski definition) is 0. The SMILES string of the molecule is CC(C)(c1ccc(CCCN2CCOCC2)o1)c1ccc(CCCN2CCOCC2)o1. The summed E-state index contributed by atoms with van der Waals surface area (Å²) in [6.45, 7) is 14.2. The van der Waals surface area contributed by atoms with Crippen molar-refractivity contribution in [1.82, 2.24) is 9.80 Å². The summed E-state index contributed by atoms with van der Waals surface area (Å²) >= 11 is 0. The van der Waals surface area contributed by atoms with Crippen LogP contribution in [0.2, 0.25) is 0 Å². The van der Waals surface area contributed by atoms with Gasteiger partial charge in [-0.3, -0.25) is 9.80 Å². The van der Waals surface area contributed by atoms with Gasteiger partial charge in [-0.15, -0.1) is 0 Å². The van der Waals surface area contributed by atoms with Gasteiger partial charge in [-0.2, -0.15) is 0 Å². The predicted octanol–water partition coefficient (Wildman–Crippen LogP) is 3.73. The Morgan fingerprint density at radius 3 is 1.52 bits per heavy atom. The molecule has 172 valence electrons. The van der Waals surface area contributed by atoms with Gasteiger partial charge in [-0.1, -0.05) is 0 Å². The summed E-state index contributed by atoms with van der Waals surface area (Å²) in [7, 11) is 0. The molecule has 2 aromatic heterocycles. The van der Waals surface area contributed by atoms with Crippen molar-refractivity contribution in [3.8, 4) is 0 Å². The zero-order valence-electron chi connectivity index (χ0n) is 19.2. The van der Waals surface area contributed by atoms with Crippen molar-refractivity contribution < 1.29 is 18.3 Å². The van der Waals surface area contributed by atoms with E-state index < -0.39 is 0 Å². The molecule has 31 heavy (non-hydrogen) atoms. The average Bonchev–Trinajstić information content (AvgIpc) is 3.46. The highest BCUT2D eigenvalue weighted by Crippen LogP contribution is 2.34. The number of nitrogens with zero attached hydrogens (tertiary/aromatic N) is 2. The molecule has 6 heteroatoms. The minimum absolute atomic E-state index is 0.273. The summed E-state index contributed by atoms with van der Waals surface area (Å²) in [5, 5.41) is 0. The fourth-order valence-corrected chi connectivity index (χ4v) is 4.42. The monoisotopic (exact) mass is 430 g/mol. The summed E-state index contributed by atoms with van der Waals surface area (Å²) in [6, 6.07) is 8.49. The summed E-state index contributed by atoms with van der Waals surface area (Å²) in [6.07, 6.45) is 4.17. The second kappa shape index (κ2) is 10.8. The Balaban J connectivity index is 1.26. The lowest BCUT2D eigenvalue weighted by Gasteiger charge is -2.26. The number of morpholine rings is 2. The van der Waals surface area contributed by atoms with Gasteiger partial charge in [0.2, 0.25) is 0 Å². The Kier molecular flexibility index (Phi) is 7.88. The van der Waals surface area contributed by atoms with Crippen LogP contribution in [-0.4, -0.2) is 75.5 Å². The van der Waals surface area contributed by atoms with E-state index in [9.17, 15) is 0 Å². The van der Waals surface area contributed by atoms with E-state index in [-0.39, 0.29) is 5.41 Å². The molecule has 2 aromatic rings. The van der Waals surface area contributed by atoms with Crippen molar-refractivity contribution in [2.75, 3.05) is 65.7 Å². The topological polar surface area (TPSA) is 51.2 Å². The van der Waals surface area contributed by atoms with Crippen LogP contribution >= 0.6 is 0 Å². The summed E-state index contributed by atoms with van der Waals surface area (Å²) in [4.78, 5) is 4.95. The highest BCUT2D eigenvalue weighted by atomic mass is 16.5. The number of hydrogen-bond acceptors (Lipinski definition) is 6. The molecular formula is C25H38N2O4. The lowest BCUT2D eigenvalue weighted by Crippen LogP contribution is -2.36. The van der Waals surface area contributed by atoms with E-state index in [2.05, 4.69) is 47.9 Å². The maximum absolute atomic E-state index is 6.24. The molecule has 0 radical (unpaired) electrons. The van der Waals surface area contributed by atoms with Crippen LogP contribution in [0.25, 0.3) is 0 Å². The van der Waals surface area contributed by atoms with E-state index in [1.165, 1.54) is 0 Å². The first kappa shape index (κ1) is 22.6. The molecule has 0 N–H and O–H groups in total. The minimum atomic E-state index is -0.273. The van der Waals surface area contributed by atoms with Crippen molar-refractivity contribution in [2.45, 2.75) is 44.9 Å². The molecule has 2 aliphatic rings. The van der Waals surface area contributed by atoms with Crippen LogP contribution in [0, 0.1) is 0 Å². The van der Waals surface area contributed by atoms with Crippen LogP contribution in [-0.2, 0) is 27.7 Å². The van der Waals surface area contributed by atoms with Crippen molar-refractivity contribution in [3.63, 3.8) is 0 Å². The van der Waals surface area contributed by atoms with E-state index in [1.807, 2.05) is 0 Å². The van der Waals surface area contributed by atoms with Crippen LogP contribution in [0.15, 0.2) is 33.1 Å². The Morgan fingerprint density at radius 2 is 1.10 bits per heavy atom. The van der Waals surface area contributed by atoms with Gasteiger partial charge in [0.25, 0.3) is 0 Å². The number of aryl methyl sites for hydroxylation is 2. The van der Waals surface area contributed by atoms with E-state index in [0.29, 0.717) is 0 Å². The van der Waals surface area contributed by atoms with Gasteiger partial charge in [0.05, 0.1) is 31.8 Å². The minimum Gasteiger partial charge on any atom is -0.465 e. The van der Waals surface area contributed by atoms with Gasteiger partial charge < -0.3 is 18.3 Å². The zero-order valence-corrected chi connectivity index (χ0v) is 19.2. The number of rotatable bonds is 10. The van der Waals surface area contributed by atoms with Gasteiger partial charge in [-0.25, -0.2) is 0 Å². The summed E-state index contributed by atoms with van der Waals surface area (Å²) in [5.74, 6) is 4.08. The van der Waals surface area contributed by atoms with Crippen LogP contribution < -0.4 is 0 Å². The molecular weight excluding hydrogens is 392 g/mol. The predicted molar refractivity (Wildman–Crippen MR) is 121 cm³/mol. The van der Waals surface area contributed by atoms with Crippen LogP contribution in [0.1, 0.15) is 49.7 Å². The molecule has 4 rings (SSSR count). The first-order valence-electron chi connectivity index (χ1n) is 11.9. The molecule has 0 saturated carbocycles. The first-order chi connectivity index (χ1) is 15.1. The molecule has 0 aliphatic carbocycles. The molecule has 0 amide bonds. The van der Waals surface area contributed by atoms with Crippen LogP contribution in [0.4, 0.5) is 0 Å². The van der Waals surface area contributed by atoms with E-state index in [0.717, 1.165) is 114 Å². The van der Waals surface area contributed by atoms with Crippen molar-refractivity contribution in [3.05, 3.63) is 47.3 Å². The molecule has 2 fully saturated rings. The van der Waals surface area contributed by atoms with Gasteiger partial charge >= 0.3 is 0 Å². The smallest absolute Gasteiger partial charge is 0.117 e. The molecule has 2 aliphatic heterocycles. The Bertz CT molecular complexity index is 721. The van der Waals surface area contributed by atoms with Crippen molar-refractivity contribution in [2.24, 2.45) is 0 Å². The third-order valence-corrected chi connectivity index (χ3v) is 6.56. The second-order valence-corrected chi connectivity index (χ2v) is 9.27. The molecule has 0 aromatic carbocycles. The average molecular weight is 431 g/mol. The van der Waals surface area contributed by atoms with Crippen molar-refractivity contribution in [1.29, 1.82) is 0 Å². The Labute approximate surface area is 186 Å². The molecule has 0 unspecified atom stereocenters. The van der Waals surface area contributed by atoms with Crippen LogP contribution in [0.3, 0.4) is 0 Å².